The summed E-state index contributed by atoms with van der Waals surface area (Å²) in [4.78, 5) is 22.4. The Morgan fingerprint density at radius 2 is 1.94 bits per heavy atom. The molecule has 0 spiro atoms. The van der Waals surface area contributed by atoms with Crippen LogP contribution in [0.15, 0.2) is 24.3 Å². The summed E-state index contributed by atoms with van der Waals surface area (Å²) < 4.78 is 0. The predicted octanol–water partition coefficient (Wildman–Crippen LogP) is 0.0461. The molecule has 1 saturated heterocycles. The van der Waals surface area contributed by atoms with Crippen LogP contribution in [-0.2, 0) is 4.79 Å². The number of hydrogen-bond acceptors (Lipinski definition) is 4. The van der Waals surface area contributed by atoms with Crippen LogP contribution in [0.5, 0.6) is 0 Å². The van der Waals surface area contributed by atoms with E-state index in [0.29, 0.717) is 18.7 Å². The van der Waals surface area contributed by atoms with E-state index in [9.17, 15) is 14.7 Å². The fourth-order valence-electron chi connectivity index (χ4n) is 1.84. The number of amides is 1. The lowest BCUT2D eigenvalue weighted by Crippen LogP contribution is -2.35. The van der Waals surface area contributed by atoms with Gasteiger partial charge in [0.2, 0.25) is 5.91 Å². The van der Waals surface area contributed by atoms with Crippen molar-refractivity contribution in [3.05, 3.63) is 29.8 Å². The van der Waals surface area contributed by atoms with E-state index < -0.39 is 18.1 Å². The van der Waals surface area contributed by atoms with E-state index in [1.54, 1.807) is 0 Å². The highest BCUT2D eigenvalue weighted by Gasteiger charge is 2.27. The first-order valence-electron chi connectivity index (χ1n) is 5.62. The number of carbonyl (C=O) groups excluding carboxylic acids is 1. The zero-order valence-corrected chi connectivity index (χ0v) is 9.59. The van der Waals surface area contributed by atoms with Gasteiger partial charge < -0.3 is 20.8 Å². The number of aliphatic hydroxyl groups is 1. The number of benzene rings is 1. The average Bonchev–Trinajstić information content (AvgIpc) is 2.76. The second-order valence-corrected chi connectivity index (χ2v) is 4.22. The van der Waals surface area contributed by atoms with Crippen molar-refractivity contribution in [2.24, 2.45) is 0 Å². The van der Waals surface area contributed by atoms with Crippen molar-refractivity contribution < 1.29 is 19.8 Å². The molecular weight excluding hydrogens is 236 g/mol. The lowest BCUT2D eigenvalue weighted by molar-refractivity contribution is -0.117. The zero-order chi connectivity index (χ0) is 13.1. The van der Waals surface area contributed by atoms with Gasteiger partial charge >= 0.3 is 5.97 Å². The maximum absolute atomic E-state index is 11.8. The molecule has 0 radical (unpaired) electrons. The first kappa shape index (κ1) is 12.5. The zero-order valence-electron chi connectivity index (χ0n) is 9.59. The molecule has 6 heteroatoms. The molecule has 96 valence electrons. The van der Waals surface area contributed by atoms with Crippen molar-refractivity contribution in [1.82, 2.24) is 5.32 Å². The van der Waals surface area contributed by atoms with Gasteiger partial charge in [-0.05, 0) is 30.7 Å². The van der Waals surface area contributed by atoms with Gasteiger partial charge in [0, 0.05) is 12.2 Å². The number of aromatic carboxylic acids is 1. The van der Waals surface area contributed by atoms with E-state index in [4.69, 9.17) is 5.11 Å². The summed E-state index contributed by atoms with van der Waals surface area (Å²) in [6, 6.07) is 5.52. The van der Waals surface area contributed by atoms with Gasteiger partial charge in [-0.15, -0.1) is 0 Å². The molecular formula is C12H14N2O4. The largest absolute Gasteiger partial charge is 0.478 e. The number of nitrogens with one attached hydrogen (secondary N) is 2. The number of aliphatic hydroxyl groups excluding tert-OH is 1. The van der Waals surface area contributed by atoms with Crippen LogP contribution in [0.4, 0.5) is 5.69 Å². The van der Waals surface area contributed by atoms with Gasteiger partial charge in [0.25, 0.3) is 0 Å². The molecule has 1 fully saturated rings. The number of carboxylic acids is 1. The van der Waals surface area contributed by atoms with Gasteiger partial charge in [0.05, 0.1) is 17.7 Å². The molecule has 1 aliphatic rings. The van der Waals surface area contributed by atoms with Crippen LogP contribution in [-0.4, -0.2) is 40.8 Å². The van der Waals surface area contributed by atoms with Crippen LogP contribution in [0.3, 0.4) is 0 Å². The molecule has 0 aromatic heterocycles. The number of carbonyl (C=O) groups is 2. The molecule has 4 N–H and O–H groups in total. The Hall–Kier alpha value is -1.92. The average molecular weight is 250 g/mol. The third-order valence-electron chi connectivity index (χ3n) is 2.82. The third kappa shape index (κ3) is 2.85. The first-order valence-corrected chi connectivity index (χ1v) is 5.62. The van der Waals surface area contributed by atoms with Gasteiger partial charge in [-0.1, -0.05) is 0 Å². The molecule has 2 unspecified atom stereocenters. The second kappa shape index (κ2) is 5.16. The molecule has 2 atom stereocenters. The number of anilines is 1. The molecule has 1 aromatic rings. The smallest absolute Gasteiger partial charge is 0.335 e. The SMILES string of the molecule is O=C(O)c1ccc(NC(=O)C2CC(O)CN2)cc1. The number of hydrogen-bond donors (Lipinski definition) is 4. The lowest BCUT2D eigenvalue weighted by Gasteiger charge is -2.11. The fourth-order valence-corrected chi connectivity index (χ4v) is 1.84. The first-order chi connectivity index (χ1) is 8.56. The van der Waals surface area contributed by atoms with Gasteiger partial charge in [0.15, 0.2) is 0 Å². The summed E-state index contributed by atoms with van der Waals surface area (Å²) >= 11 is 0. The van der Waals surface area contributed by atoms with E-state index in [2.05, 4.69) is 10.6 Å². The van der Waals surface area contributed by atoms with Crippen molar-refractivity contribution in [3.8, 4) is 0 Å². The summed E-state index contributed by atoms with van der Waals surface area (Å²) in [6.45, 7) is 0.413. The van der Waals surface area contributed by atoms with Gasteiger partial charge in [-0.2, -0.15) is 0 Å². The number of rotatable bonds is 3. The van der Waals surface area contributed by atoms with E-state index in [0.717, 1.165) is 0 Å². The minimum atomic E-state index is -1.01. The second-order valence-electron chi connectivity index (χ2n) is 4.22. The van der Waals surface area contributed by atoms with Crippen LogP contribution in [0.2, 0.25) is 0 Å². The minimum Gasteiger partial charge on any atom is -0.478 e. The molecule has 1 aromatic carbocycles. The molecule has 0 saturated carbocycles. The minimum absolute atomic E-state index is 0.169. The molecule has 2 rings (SSSR count). The van der Waals surface area contributed by atoms with E-state index in [1.807, 2.05) is 0 Å². The third-order valence-corrected chi connectivity index (χ3v) is 2.82. The summed E-state index contributed by atoms with van der Waals surface area (Å²) in [7, 11) is 0. The number of carboxylic acid groups (broad SMARTS) is 1. The number of β-amino-alcohol motifs (C(OH)–C–C–N with tert-alkyl or cyclic N) is 1. The van der Waals surface area contributed by atoms with Crippen LogP contribution < -0.4 is 10.6 Å². The Morgan fingerprint density at radius 1 is 1.28 bits per heavy atom. The molecule has 1 aliphatic heterocycles. The van der Waals surface area contributed by atoms with E-state index >= 15 is 0 Å². The van der Waals surface area contributed by atoms with Crippen LogP contribution in [0.1, 0.15) is 16.8 Å². The van der Waals surface area contributed by atoms with Crippen molar-refractivity contribution in [2.45, 2.75) is 18.6 Å². The summed E-state index contributed by atoms with van der Waals surface area (Å²) in [5.74, 6) is -1.23. The highest BCUT2D eigenvalue weighted by Crippen LogP contribution is 2.12. The Morgan fingerprint density at radius 3 is 2.44 bits per heavy atom. The highest BCUT2D eigenvalue weighted by atomic mass is 16.4. The molecule has 0 bridgehead atoms. The molecule has 0 aliphatic carbocycles. The van der Waals surface area contributed by atoms with Gasteiger partial charge in [-0.3, -0.25) is 4.79 Å². The van der Waals surface area contributed by atoms with Crippen molar-refractivity contribution >= 4 is 17.6 Å². The maximum atomic E-state index is 11.8. The Bertz CT molecular complexity index is 458. The Labute approximate surface area is 104 Å². The van der Waals surface area contributed by atoms with Gasteiger partial charge in [0.1, 0.15) is 0 Å². The van der Waals surface area contributed by atoms with Crippen LogP contribution in [0.25, 0.3) is 0 Å². The normalized spacial score (nSPS) is 22.7. The molecule has 18 heavy (non-hydrogen) atoms. The quantitative estimate of drug-likeness (QED) is 0.607. The Balaban J connectivity index is 1.97. The molecule has 1 heterocycles. The summed E-state index contributed by atoms with van der Waals surface area (Å²) in [5.41, 5.74) is 0.704. The van der Waals surface area contributed by atoms with Crippen molar-refractivity contribution in [2.75, 3.05) is 11.9 Å². The van der Waals surface area contributed by atoms with Crippen molar-refractivity contribution in [1.29, 1.82) is 0 Å². The maximum Gasteiger partial charge on any atom is 0.335 e. The fraction of sp³-hybridized carbons (Fsp3) is 0.333. The monoisotopic (exact) mass is 250 g/mol. The molecule has 6 nitrogen and oxygen atoms in total. The van der Waals surface area contributed by atoms with E-state index in [-0.39, 0.29) is 11.5 Å². The van der Waals surface area contributed by atoms with E-state index in [1.165, 1.54) is 24.3 Å². The van der Waals surface area contributed by atoms with Crippen molar-refractivity contribution in [3.63, 3.8) is 0 Å². The molecule has 1 amide bonds. The predicted molar refractivity (Wildman–Crippen MR) is 64.4 cm³/mol. The Kier molecular flexibility index (Phi) is 3.59. The van der Waals surface area contributed by atoms with Crippen LogP contribution >= 0.6 is 0 Å². The van der Waals surface area contributed by atoms with Gasteiger partial charge in [-0.25, -0.2) is 4.79 Å². The standard InChI is InChI=1S/C12H14N2O4/c15-9-5-10(13-6-9)11(16)14-8-3-1-7(2-4-8)12(17)18/h1-4,9-10,13,15H,5-6H2,(H,14,16)(H,17,18). The lowest BCUT2D eigenvalue weighted by atomic mass is 10.1. The summed E-state index contributed by atoms with van der Waals surface area (Å²) in [5, 5.41) is 23.6. The topological polar surface area (TPSA) is 98.7 Å². The highest BCUT2D eigenvalue weighted by molar-refractivity contribution is 5.95. The van der Waals surface area contributed by atoms with Crippen LogP contribution in [0, 0.1) is 0 Å². The summed E-state index contributed by atoms with van der Waals surface area (Å²) in [6.07, 6.45) is -0.103.